The summed E-state index contributed by atoms with van der Waals surface area (Å²) in [6, 6.07) is 17.0. The van der Waals surface area contributed by atoms with Crippen molar-refractivity contribution in [3.05, 3.63) is 83.7 Å². The number of benzene rings is 2. The molecule has 0 aliphatic heterocycles. The molecule has 0 radical (unpaired) electrons. The summed E-state index contributed by atoms with van der Waals surface area (Å²) in [5, 5.41) is 8.97. The van der Waals surface area contributed by atoms with Crippen LogP contribution >= 0.6 is 0 Å². The normalized spacial score (nSPS) is 13.5. The fraction of sp³-hybridized carbons (Fsp3) is 0.0526. The summed E-state index contributed by atoms with van der Waals surface area (Å²) in [4.78, 5) is 24.9. The van der Waals surface area contributed by atoms with Crippen molar-refractivity contribution < 1.29 is 9.59 Å². The summed E-state index contributed by atoms with van der Waals surface area (Å²) < 4.78 is 2.69. The standard InChI is InChI=1S/C19H13N3O2Se/c23-18-10-17(19(24)16-9-5-4-8-15(16)18)22-11-13(20-21-22)12-25-14-6-2-1-3-7-14/h1-11H,12H2. The van der Waals surface area contributed by atoms with Gasteiger partial charge >= 0.3 is 150 Å². The molecule has 122 valence electrons. The van der Waals surface area contributed by atoms with Crippen molar-refractivity contribution in [2.75, 3.05) is 0 Å². The van der Waals surface area contributed by atoms with E-state index in [0.717, 1.165) is 11.0 Å². The zero-order chi connectivity index (χ0) is 17.2. The number of carbonyl (C=O) groups is 2. The van der Waals surface area contributed by atoms with Crippen LogP contribution in [-0.4, -0.2) is 41.5 Å². The molecule has 0 spiro atoms. The first-order chi connectivity index (χ1) is 12.2. The molecule has 4 rings (SSSR count). The maximum absolute atomic E-state index is 12.6. The predicted molar refractivity (Wildman–Crippen MR) is 94.9 cm³/mol. The van der Waals surface area contributed by atoms with Crippen LogP contribution in [0.3, 0.4) is 0 Å². The van der Waals surface area contributed by atoms with Crippen molar-refractivity contribution in [1.82, 2.24) is 15.0 Å². The van der Waals surface area contributed by atoms with Crippen molar-refractivity contribution in [3.63, 3.8) is 0 Å². The fourth-order valence-corrected chi connectivity index (χ4v) is 4.30. The van der Waals surface area contributed by atoms with Crippen LogP contribution in [0.2, 0.25) is 0 Å². The topological polar surface area (TPSA) is 64.8 Å². The minimum absolute atomic E-state index is 0.184. The molecule has 1 heterocycles. The van der Waals surface area contributed by atoms with Gasteiger partial charge < -0.3 is 0 Å². The first-order valence-electron chi connectivity index (χ1n) is 7.71. The monoisotopic (exact) mass is 395 g/mol. The summed E-state index contributed by atoms with van der Waals surface area (Å²) in [7, 11) is 0. The first kappa shape index (κ1) is 15.7. The van der Waals surface area contributed by atoms with E-state index in [-0.39, 0.29) is 32.2 Å². The second-order valence-electron chi connectivity index (χ2n) is 5.52. The second kappa shape index (κ2) is 6.59. The predicted octanol–water partition coefficient (Wildman–Crippen LogP) is 1.73. The number of fused-ring (bicyclic) bond motifs is 1. The Labute approximate surface area is 150 Å². The van der Waals surface area contributed by atoms with E-state index in [1.165, 1.54) is 15.2 Å². The van der Waals surface area contributed by atoms with Gasteiger partial charge in [0.15, 0.2) is 0 Å². The van der Waals surface area contributed by atoms with E-state index in [0.29, 0.717) is 11.1 Å². The van der Waals surface area contributed by atoms with Gasteiger partial charge in [-0.3, -0.25) is 0 Å². The summed E-state index contributed by atoms with van der Waals surface area (Å²) in [6.07, 6.45) is 3.07. The number of hydrogen-bond acceptors (Lipinski definition) is 4. The van der Waals surface area contributed by atoms with Crippen molar-refractivity contribution in [2.24, 2.45) is 0 Å². The van der Waals surface area contributed by atoms with Crippen LogP contribution in [0.4, 0.5) is 0 Å². The Morgan fingerprint density at radius 1 is 0.920 bits per heavy atom. The minimum atomic E-state index is -0.208. The van der Waals surface area contributed by atoms with Crippen LogP contribution in [0, 0.1) is 0 Å². The molecule has 1 aliphatic carbocycles. The molecule has 0 atom stereocenters. The van der Waals surface area contributed by atoms with Gasteiger partial charge in [0, 0.05) is 0 Å². The summed E-state index contributed by atoms with van der Waals surface area (Å²) >= 11 is 0.246. The van der Waals surface area contributed by atoms with E-state index in [1.807, 2.05) is 18.2 Å². The number of aromatic nitrogens is 3. The molecule has 0 saturated heterocycles. The van der Waals surface area contributed by atoms with Crippen molar-refractivity contribution in [1.29, 1.82) is 0 Å². The van der Waals surface area contributed by atoms with Gasteiger partial charge in [0.05, 0.1) is 0 Å². The molecule has 25 heavy (non-hydrogen) atoms. The molecule has 1 aromatic heterocycles. The van der Waals surface area contributed by atoms with Crippen LogP contribution in [0.25, 0.3) is 5.70 Å². The van der Waals surface area contributed by atoms with Crippen molar-refractivity contribution >= 4 is 36.7 Å². The van der Waals surface area contributed by atoms with Gasteiger partial charge in [-0.2, -0.15) is 0 Å². The summed E-state index contributed by atoms with van der Waals surface area (Å²) in [5.41, 5.74) is 1.90. The molecule has 6 heteroatoms. The van der Waals surface area contributed by atoms with Gasteiger partial charge in [-0.15, -0.1) is 0 Å². The van der Waals surface area contributed by atoms with Gasteiger partial charge in [-0.25, -0.2) is 0 Å². The zero-order valence-electron chi connectivity index (χ0n) is 13.1. The third-order valence-electron chi connectivity index (χ3n) is 3.86. The quantitative estimate of drug-likeness (QED) is 0.633. The number of allylic oxidation sites excluding steroid dienone is 2. The molecule has 0 N–H and O–H groups in total. The van der Waals surface area contributed by atoms with Crippen LogP contribution in [0.15, 0.2) is 66.9 Å². The van der Waals surface area contributed by atoms with Crippen LogP contribution in [0.1, 0.15) is 26.4 Å². The molecular formula is C19H13N3O2Se. The first-order valence-corrected chi connectivity index (χ1v) is 9.78. The number of Topliss-reactive ketones (excluding diaryl/α,β-unsaturated/α-hetero) is 1. The Bertz CT molecular complexity index is 993. The van der Waals surface area contributed by atoms with Crippen LogP contribution < -0.4 is 4.46 Å². The average molecular weight is 394 g/mol. The zero-order valence-corrected chi connectivity index (χ0v) is 14.8. The Balaban J connectivity index is 1.56. The molecule has 0 fully saturated rings. The van der Waals surface area contributed by atoms with Gasteiger partial charge in [-0.1, -0.05) is 0 Å². The SMILES string of the molecule is O=C1C=C(n2cc(C[Se]c3ccccc3)nn2)C(=O)c2ccccc21. The van der Waals surface area contributed by atoms with Crippen LogP contribution in [-0.2, 0) is 5.32 Å². The van der Waals surface area contributed by atoms with Crippen LogP contribution in [0.5, 0.6) is 0 Å². The Hall–Kier alpha value is -2.82. The molecule has 0 saturated carbocycles. The molecule has 2 aromatic carbocycles. The van der Waals surface area contributed by atoms with E-state index in [9.17, 15) is 9.59 Å². The number of rotatable bonds is 4. The number of carbonyl (C=O) groups excluding carboxylic acids is 2. The Morgan fingerprint density at radius 3 is 2.44 bits per heavy atom. The number of ketones is 2. The molecule has 0 amide bonds. The number of nitrogens with zero attached hydrogens (tertiary/aromatic N) is 3. The molecule has 5 nitrogen and oxygen atoms in total. The second-order valence-corrected chi connectivity index (χ2v) is 7.73. The third kappa shape index (κ3) is 3.09. The molecular weight excluding hydrogens is 381 g/mol. The Kier molecular flexibility index (Phi) is 4.14. The van der Waals surface area contributed by atoms with E-state index >= 15 is 0 Å². The molecule has 0 unspecified atom stereocenters. The molecule has 1 aliphatic rings. The van der Waals surface area contributed by atoms with E-state index in [4.69, 9.17) is 0 Å². The number of hydrogen-bond donors (Lipinski definition) is 0. The molecule has 3 aromatic rings. The third-order valence-corrected chi connectivity index (χ3v) is 6.05. The van der Waals surface area contributed by atoms with Crippen molar-refractivity contribution in [3.8, 4) is 0 Å². The van der Waals surface area contributed by atoms with Gasteiger partial charge in [0.1, 0.15) is 0 Å². The molecule has 0 bridgehead atoms. The van der Waals surface area contributed by atoms with Gasteiger partial charge in [0.25, 0.3) is 0 Å². The van der Waals surface area contributed by atoms with E-state index in [1.54, 1.807) is 30.5 Å². The summed E-state index contributed by atoms with van der Waals surface area (Å²) in [6.45, 7) is 0. The van der Waals surface area contributed by atoms with Gasteiger partial charge in [0.2, 0.25) is 0 Å². The summed E-state index contributed by atoms with van der Waals surface area (Å²) in [5.74, 6) is -0.393. The van der Waals surface area contributed by atoms with Gasteiger partial charge in [-0.05, 0) is 0 Å². The average Bonchev–Trinajstić information content (AvgIpc) is 3.13. The van der Waals surface area contributed by atoms with E-state index < -0.39 is 0 Å². The Morgan fingerprint density at radius 2 is 1.64 bits per heavy atom. The van der Waals surface area contributed by atoms with Crippen molar-refractivity contribution in [2.45, 2.75) is 5.32 Å². The maximum atomic E-state index is 12.6. The van der Waals surface area contributed by atoms with E-state index in [2.05, 4.69) is 22.4 Å². The fourth-order valence-electron chi connectivity index (χ4n) is 2.63.